The summed E-state index contributed by atoms with van der Waals surface area (Å²) in [4.78, 5) is 25.4. The van der Waals surface area contributed by atoms with Crippen molar-refractivity contribution < 1.29 is 34.3 Å². The van der Waals surface area contributed by atoms with Gasteiger partial charge in [-0.1, -0.05) is 6.58 Å². The van der Waals surface area contributed by atoms with E-state index in [1.54, 1.807) is 0 Å². The van der Waals surface area contributed by atoms with Crippen molar-refractivity contribution in [2.75, 3.05) is 6.61 Å². The molecule has 5 N–H and O–H groups in total. The van der Waals surface area contributed by atoms with Gasteiger partial charge in [0.2, 0.25) is 0 Å². The number of hydrogen-bond donors (Lipinski definition) is 3. The monoisotopic (exact) mass is 230 g/mol. The predicted molar refractivity (Wildman–Crippen MR) is 49.7 cm³/mol. The summed E-state index contributed by atoms with van der Waals surface area (Å²) in [6.45, 7) is 6.16. The molecule has 0 amide bonds. The molecule has 0 spiro atoms. The number of hydrogen-bond acceptors (Lipinski definition) is 3. The van der Waals surface area contributed by atoms with Crippen molar-refractivity contribution in [2.24, 2.45) is 0 Å². The van der Waals surface area contributed by atoms with Gasteiger partial charge in [0.15, 0.2) is 0 Å². The lowest BCUT2D eigenvalue weighted by molar-refractivity contribution is -0.132. The van der Waals surface area contributed by atoms with E-state index in [0.29, 0.717) is 0 Å². The number of carboxylic acid groups (broad SMARTS) is 1. The minimum absolute atomic E-state index is 0. The molecule has 0 saturated heterocycles. The highest BCUT2D eigenvalue weighted by atomic mass is 31.2. The molecule has 0 bridgehead atoms. The van der Waals surface area contributed by atoms with E-state index in [9.17, 15) is 9.36 Å². The summed E-state index contributed by atoms with van der Waals surface area (Å²) in [7, 11) is -4.17. The number of rotatable bonds is 3. The van der Waals surface area contributed by atoms with Crippen molar-refractivity contribution in [3.05, 3.63) is 12.2 Å². The van der Waals surface area contributed by atoms with Crippen molar-refractivity contribution in [3.63, 3.8) is 0 Å². The van der Waals surface area contributed by atoms with Crippen LogP contribution in [0.25, 0.3) is 0 Å². The molecule has 0 rings (SSSR count). The number of phosphoric acid groups is 1. The number of carboxylic acids is 1. The highest BCUT2D eigenvalue weighted by molar-refractivity contribution is 7.46. The van der Waals surface area contributed by atoms with Crippen molar-refractivity contribution in [2.45, 2.75) is 13.8 Å². The number of carbonyl (C=O) groups is 1. The summed E-state index contributed by atoms with van der Waals surface area (Å²) in [5.41, 5.74) is 0.176. The second-order valence-electron chi connectivity index (χ2n) is 1.99. The van der Waals surface area contributed by atoms with Crippen LogP contribution in [0.2, 0.25) is 0 Å². The standard InChI is InChI=1S/C4H6O2.C2H7O4P.H2O/c1-3(2)4(5)6;1-2-6-7(3,4)5;/h1H2,2H3,(H,5,6);2H2,1H3,(H2,3,4,5);1H2. The second-order valence-corrected chi connectivity index (χ2v) is 3.23. The van der Waals surface area contributed by atoms with Crippen LogP contribution in [0.5, 0.6) is 0 Å². The Morgan fingerprint density at radius 3 is 1.79 bits per heavy atom. The smallest absolute Gasteiger partial charge is 0.469 e. The summed E-state index contributed by atoms with van der Waals surface area (Å²) < 4.78 is 13.6. The zero-order valence-corrected chi connectivity index (χ0v) is 8.82. The summed E-state index contributed by atoms with van der Waals surface area (Å²) in [5.74, 6) is -0.935. The molecule has 0 atom stereocenters. The quantitative estimate of drug-likeness (QED) is 0.459. The molecular formula is C6H15O7P. The zero-order chi connectivity index (χ0) is 11.1. The molecule has 0 heterocycles. The van der Waals surface area contributed by atoms with Crippen molar-refractivity contribution in [1.29, 1.82) is 0 Å². The second kappa shape index (κ2) is 8.86. The Balaban J connectivity index is -0.000000163. The zero-order valence-electron chi connectivity index (χ0n) is 7.93. The predicted octanol–water partition coefficient (Wildman–Crippen LogP) is -0.0620. The molecule has 0 radical (unpaired) electrons. The van der Waals surface area contributed by atoms with Gasteiger partial charge in [-0.3, -0.25) is 4.52 Å². The van der Waals surface area contributed by atoms with Crippen LogP contribution in [0.3, 0.4) is 0 Å². The van der Waals surface area contributed by atoms with E-state index in [2.05, 4.69) is 11.1 Å². The lowest BCUT2D eigenvalue weighted by Crippen LogP contribution is -1.92. The average molecular weight is 230 g/mol. The first-order valence-electron chi connectivity index (χ1n) is 3.29. The molecule has 0 aliphatic carbocycles. The molecule has 0 aromatic heterocycles. The molecule has 8 heteroatoms. The molecule has 0 aliphatic heterocycles. The van der Waals surface area contributed by atoms with Gasteiger partial charge in [0, 0.05) is 5.57 Å². The molecule has 7 nitrogen and oxygen atoms in total. The number of phosphoric ester groups is 1. The molecule has 0 aliphatic rings. The minimum atomic E-state index is -4.17. The van der Waals surface area contributed by atoms with Gasteiger partial charge >= 0.3 is 13.8 Å². The highest BCUT2D eigenvalue weighted by Gasteiger charge is 2.10. The third kappa shape index (κ3) is 22.5. The van der Waals surface area contributed by atoms with E-state index >= 15 is 0 Å². The Labute approximate surface area is 81.6 Å². The molecule has 86 valence electrons. The Morgan fingerprint density at radius 2 is 1.79 bits per heavy atom. The van der Waals surface area contributed by atoms with E-state index in [4.69, 9.17) is 14.9 Å². The molecule has 0 fully saturated rings. The van der Waals surface area contributed by atoms with Crippen LogP contribution in [0.4, 0.5) is 0 Å². The molecule has 0 unspecified atom stereocenters. The lowest BCUT2D eigenvalue weighted by Gasteiger charge is -1.98. The van der Waals surface area contributed by atoms with Crippen LogP contribution < -0.4 is 0 Å². The first-order chi connectivity index (χ1) is 5.70. The van der Waals surface area contributed by atoms with Gasteiger partial charge in [0.25, 0.3) is 0 Å². The fourth-order valence-corrected chi connectivity index (χ4v) is 0.505. The van der Waals surface area contributed by atoms with Crippen LogP contribution in [0, 0.1) is 0 Å². The average Bonchev–Trinajstić information content (AvgIpc) is 1.85. The fraction of sp³-hybridized carbons (Fsp3) is 0.500. The van der Waals surface area contributed by atoms with E-state index in [0.717, 1.165) is 0 Å². The minimum Gasteiger partial charge on any atom is -0.478 e. The first-order valence-corrected chi connectivity index (χ1v) is 4.82. The van der Waals surface area contributed by atoms with Crippen LogP contribution in [-0.4, -0.2) is 32.9 Å². The molecule has 14 heavy (non-hydrogen) atoms. The first kappa shape index (κ1) is 18.9. The topological polar surface area (TPSA) is 136 Å². The summed E-state index contributed by atoms with van der Waals surface area (Å²) in [6.07, 6.45) is 0. The van der Waals surface area contributed by atoms with Crippen LogP contribution in [0.1, 0.15) is 13.8 Å². The molecule has 0 aromatic carbocycles. The van der Waals surface area contributed by atoms with Crippen molar-refractivity contribution in [1.82, 2.24) is 0 Å². The van der Waals surface area contributed by atoms with Gasteiger partial charge in [-0.2, -0.15) is 0 Å². The Bertz CT molecular complexity index is 206. The Kier molecular flexibility index (Phi) is 12.0. The largest absolute Gasteiger partial charge is 0.478 e. The third-order valence-corrected chi connectivity index (χ3v) is 1.26. The summed E-state index contributed by atoms with van der Waals surface area (Å²) >= 11 is 0. The van der Waals surface area contributed by atoms with Crippen molar-refractivity contribution >= 4 is 13.8 Å². The lowest BCUT2D eigenvalue weighted by atomic mass is 10.4. The Morgan fingerprint density at radius 1 is 1.50 bits per heavy atom. The maximum Gasteiger partial charge on any atom is 0.469 e. The van der Waals surface area contributed by atoms with Crippen LogP contribution in [-0.2, 0) is 13.9 Å². The van der Waals surface area contributed by atoms with Gasteiger partial charge in [-0.25, -0.2) is 9.36 Å². The normalized spacial score (nSPS) is 9.14. The highest BCUT2D eigenvalue weighted by Crippen LogP contribution is 2.34. The van der Waals surface area contributed by atoms with E-state index in [1.807, 2.05) is 0 Å². The van der Waals surface area contributed by atoms with Gasteiger partial charge in [-0.05, 0) is 13.8 Å². The van der Waals surface area contributed by atoms with E-state index in [-0.39, 0.29) is 17.7 Å². The maximum atomic E-state index is 9.70. The van der Waals surface area contributed by atoms with Crippen LogP contribution >= 0.6 is 7.82 Å². The van der Waals surface area contributed by atoms with Gasteiger partial charge in [-0.15, -0.1) is 0 Å². The SMILES string of the molecule is C=C(C)C(=O)O.CCOP(=O)(O)O.O. The van der Waals surface area contributed by atoms with Gasteiger partial charge in [0.1, 0.15) is 0 Å². The molecule has 0 aromatic rings. The van der Waals surface area contributed by atoms with Gasteiger partial charge < -0.3 is 20.4 Å². The van der Waals surface area contributed by atoms with Crippen molar-refractivity contribution in [3.8, 4) is 0 Å². The van der Waals surface area contributed by atoms with Gasteiger partial charge in [0.05, 0.1) is 6.61 Å². The van der Waals surface area contributed by atoms with E-state index < -0.39 is 13.8 Å². The Hall–Kier alpha value is -0.720. The summed E-state index contributed by atoms with van der Waals surface area (Å²) in [6, 6.07) is 0. The van der Waals surface area contributed by atoms with Crippen LogP contribution in [0.15, 0.2) is 12.2 Å². The fourth-order valence-electron chi connectivity index (χ4n) is 0.168. The molecule has 0 saturated carbocycles. The maximum absolute atomic E-state index is 9.70. The molecular weight excluding hydrogens is 215 g/mol. The summed E-state index contributed by atoms with van der Waals surface area (Å²) in [5, 5.41) is 7.89. The number of aliphatic carboxylic acids is 1. The van der Waals surface area contributed by atoms with E-state index in [1.165, 1.54) is 13.8 Å². The third-order valence-electron chi connectivity index (χ3n) is 0.662.